The molecule has 2 N–H and O–H groups in total. The van der Waals surface area contributed by atoms with E-state index < -0.39 is 0 Å². The van der Waals surface area contributed by atoms with Crippen molar-refractivity contribution in [2.24, 2.45) is 0 Å². The highest BCUT2D eigenvalue weighted by Crippen LogP contribution is 2.28. The number of ether oxygens (including phenoxy) is 1. The second-order valence-corrected chi connectivity index (χ2v) is 6.24. The fourth-order valence-electron chi connectivity index (χ4n) is 2.30. The Bertz CT molecular complexity index is 930. The van der Waals surface area contributed by atoms with Gasteiger partial charge in [-0.3, -0.25) is 4.79 Å². The molecule has 7 heteroatoms. The van der Waals surface area contributed by atoms with Crippen LogP contribution in [0.2, 0.25) is 10.0 Å². The van der Waals surface area contributed by atoms with Gasteiger partial charge in [0.15, 0.2) is 0 Å². The highest BCUT2D eigenvalue weighted by Gasteiger charge is 2.11. The molecule has 3 rings (SSSR count). The molecule has 5 nitrogen and oxygen atoms in total. The lowest BCUT2D eigenvalue weighted by molar-refractivity contribution is 0.102. The van der Waals surface area contributed by atoms with E-state index in [2.05, 4.69) is 15.6 Å². The summed E-state index contributed by atoms with van der Waals surface area (Å²) in [6.45, 7) is 0. The van der Waals surface area contributed by atoms with Gasteiger partial charge >= 0.3 is 0 Å². The lowest BCUT2D eigenvalue weighted by atomic mass is 10.2. The molecule has 0 spiro atoms. The van der Waals surface area contributed by atoms with Gasteiger partial charge in [-0.25, -0.2) is 4.98 Å². The zero-order valence-corrected chi connectivity index (χ0v) is 15.3. The first-order valence-electron chi connectivity index (χ1n) is 7.69. The van der Waals surface area contributed by atoms with E-state index in [0.29, 0.717) is 21.5 Å². The topological polar surface area (TPSA) is 63.2 Å². The standard InChI is InChI=1S/C19H15Cl2N3O2/c1-26-18-8-5-13(21)10-17(18)24-19(25)16-7-6-15(11-22-16)23-14-4-2-3-12(20)9-14/h2-11,23H,1H3,(H,24,25). The highest BCUT2D eigenvalue weighted by atomic mass is 35.5. The van der Waals surface area contributed by atoms with E-state index in [-0.39, 0.29) is 11.6 Å². The molecule has 1 heterocycles. The van der Waals surface area contributed by atoms with Gasteiger partial charge in [0.25, 0.3) is 5.91 Å². The van der Waals surface area contributed by atoms with Crippen LogP contribution in [0.4, 0.5) is 17.1 Å². The summed E-state index contributed by atoms with van der Waals surface area (Å²) in [6, 6.07) is 15.7. The molecule has 0 saturated carbocycles. The number of hydrogen-bond acceptors (Lipinski definition) is 4. The average Bonchev–Trinajstić information content (AvgIpc) is 2.62. The summed E-state index contributed by atoms with van der Waals surface area (Å²) in [5.41, 5.74) is 2.32. The lowest BCUT2D eigenvalue weighted by Gasteiger charge is -2.11. The van der Waals surface area contributed by atoms with Crippen LogP contribution in [0.5, 0.6) is 5.75 Å². The number of benzene rings is 2. The van der Waals surface area contributed by atoms with Crippen molar-refractivity contribution in [2.75, 3.05) is 17.7 Å². The average molecular weight is 388 g/mol. The minimum Gasteiger partial charge on any atom is -0.495 e. The predicted octanol–water partition coefficient (Wildman–Crippen LogP) is 5.39. The Balaban J connectivity index is 1.72. The Labute approximate surface area is 160 Å². The third kappa shape index (κ3) is 4.45. The van der Waals surface area contributed by atoms with Crippen molar-refractivity contribution in [3.8, 4) is 5.75 Å². The van der Waals surface area contributed by atoms with Crippen molar-refractivity contribution in [1.82, 2.24) is 4.98 Å². The van der Waals surface area contributed by atoms with Crippen molar-refractivity contribution in [2.45, 2.75) is 0 Å². The number of pyridine rings is 1. The number of nitrogens with one attached hydrogen (secondary N) is 2. The van der Waals surface area contributed by atoms with Crippen LogP contribution in [-0.4, -0.2) is 18.0 Å². The highest BCUT2D eigenvalue weighted by molar-refractivity contribution is 6.31. The third-order valence-electron chi connectivity index (χ3n) is 3.52. The molecule has 0 bridgehead atoms. The number of methoxy groups -OCH3 is 1. The largest absolute Gasteiger partial charge is 0.495 e. The Morgan fingerprint density at radius 2 is 1.81 bits per heavy atom. The Morgan fingerprint density at radius 1 is 1.00 bits per heavy atom. The van der Waals surface area contributed by atoms with Gasteiger partial charge in [0, 0.05) is 15.7 Å². The molecule has 0 saturated heterocycles. The van der Waals surface area contributed by atoms with Crippen LogP contribution in [0.3, 0.4) is 0 Å². The normalized spacial score (nSPS) is 10.3. The second kappa shape index (κ2) is 8.08. The molecule has 2 aromatic carbocycles. The SMILES string of the molecule is COc1ccc(Cl)cc1NC(=O)c1ccc(Nc2cccc(Cl)c2)cn1. The molecule has 0 radical (unpaired) electrons. The van der Waals surface area contributed by atoms with Crippen LogP contribution in [0.15, 0.2) is 60.8 Å². The number of nitrogens with zero attached hydrogens (tertiary/aromatic N) is 1. The van der Waals surface area contributed by atoms with E-state index in [1.807, 2.05) is 12.1 Å². The predicted molar refractivity (Wildman–Crippen MR) is 105 cm³/mol. The smallest absolute Gasteiger partial charge is 0.274 e. The molecule has 0 aliphatic heterocycles. The summed E-state index contributed by atoms with van der Waals surface area (Å²) < 4.78 is 5.22. The molecule has 132 valence electrons. The lowest BCUT2D eigenvalue weighted by Crippen LogP contribution is -2.14. The number of rotatable bonds is 5. The summed E-state index contributed by atoms with van der Waals surface area (Å²) >= 11 is 11.9. The number of carbonyl (C=O) groups excluding carboxylic acids is 1. The van der Waals surface area contributed by atoms with E-state index in [0.717, 1.165) is 11.4 Å². The summed E-state index contributed by atoms with van der Waals surface area (Å²) in [5.74, 6) is 0.155. The van der Waals surface area contributed by atoms with Crippen molar-refractivity contribution >= 4 is 46.2 Å². The van der Waals surface area contributed by atoms with E-state index in [1.165, 1.54) is 7.11 Å². The molecule has 0 fully saturated rings. The van der Waals surface area contributed by atoms with Gasteiger partial charge in [-0.05, 0) is 48.5 Å². The van der Waals surface area contributed by atoms with E-state index >= 15 is 0 Å². The summed E-state index contributed by atoms with van der Waals surface area (Å²) in [5, 5.41) is 7.05. The van der Waals surface area contributed by atoms with Crippen LogP contribution in [0.25, 0.3) is 0 Å². The summed E-state index contributed by atoms with van der Waals surface area (Å²) in [6.07, 6.45) is 1.57. The fraction of sp³-hybridized carbons (Fsp3) is 0.0526. The Morgan fingerprint density at radius 3 is 2.50 bits per heavy atom. The van der Waals surface area contributed by atoms with Gasteiger partial charge in [-0.2, -0.15) is 0 Å². The zero-order valence-electron chi connectivity index (χ0n) is 13.8. The first kappa shape index (κ1) is 18.0. The van der Waals surface area contributed by atoms with E-state index in [9.17, 15) is 4.79 Å². The Kier molecular flexibility index (Phi) is 5.61. The van der Waals surface area contributed by atoms with Crippen molar-refractivity contribution < 1.29 is 9.53 Å². The summed E-state index contributed by atoms with van der Waals surface area (Å²) in [7, 11) is 1.52. The summed E-state index contributed by atoms with van der Waals surface area (Å²) in [4.78, 5) is 16.6. The minimum atomic E-state index is -0.361. The van der Waals surface area contributed by atoms with Crippen molar-refractivity contribution in [3.05, 3.63) is 76.5 Å². The fourth-order valence-corrected chi connectivity index (χ4v) is 2.66. The maximum absolute atomic E-state index is 12.4. The van der Waals surface area contributed by atoms with Crippen LogP contribution < -0.4 is 15.4 Å². The number of halogens is 2. The monoisotopic (exact) mass is 387 g/mol. The molecule has 0 aliphatic carbocycles. The maximum atomic E-state index is 12.4. The number of amides is 1. The number of hydrogen-bond donors (Lipinski definition) is 2. The molecular formula is C19H15Cl2N3O2. The number of anilines is 3. The molecule has 1 amide bonds. The molecule has 0 atom stereocenters. The molecule has 0 unspecified atom stereocenters. The first-order valence-corrected chi connectivity index (χ1v) is 8.44. The van der Waals surface area contributed by atoms with Gasteiger partial charge < -0.3 is 15.4 Å². The second-order valence-electron chi connectivity index (χ2n) is 5.37. The molecular weight excluding hydrogens is 373 g/mol. The Hall–Kier alpha value is -2.76. The molecule has 0 aliphatic rings. The van der Waals surface area contributed by atoms with E-state index in [4.69, 9.17) is 27.9 Å². The van der Waals surface area contributed by atoms with Gasteiger partial charge in [0.2, 0.25) is 0 Å². The van der Waals surface area contributed by atoms with Crippen LogP contribution in [0.1, 0.15) is 10.5 Å². The first-order chi connectivity index (χ1) is 12.5. The van der Waals surface area contributed by atoms with Gasteiger partial charge in [0.1, 0.15) is 11.4 Å². The number of carbonyl (C=O) groups is 1. The third-order valence-corrected chi connectivity index (χ3v) is 3.99. The van der Waals surface area contributed by atoms with Crippen molar-refractivity contribution in [3.63, 3.8) is 0 Å². The minimum absolute atomic E-state index is 0.267. The van der Waals surface area contributed by atoms with Crippen LogP contribution >= 0.6 is 23.2 Å². The quantitative estimate of drug-likeness (QED) is 0.615. The van der Waals surface area contributed by atoms with Gasteiger partial charge in [0.05, 0.1) is 24.7 Å². The molecule has 26 heavy (non-hydrogen) atoms. The van der Waals surface area contributed by atoms with Gasteiger partial charge in [-0.15, -0.1) is 0 Å². The van der Waals surface area contributed by atoms with E-state index in [1.54, 1.807) is 48.7 Å². The van der Waals surface area contributed by atoms with Crippen LogP contribution in [-0.2, 0) is 0 Å². The van der Waals surface area contributed by atoms with Crippen molar-refractivity contribution in [1.29, 1.82) is 0 Å². The number of aromatic nitrogens is 1. The zero-order chi connectivity index (χ0) is 18.5. The van der Waals surface area contributed by atoms with Crippen LogP contribution in [0, 0.1) is 0 Å². The molecule has 1 aromatic heterocycles. The molecule has 3 aromatic rings. The maximum Gasteiger partial charge on any atom is 0.274 e. The van der Waals surface area contributed by atoms with Gasteiger partial charge in [-0.1, -0.05) is 29.3 Å².